The molecular formula is C2H2O5. The van der Waals surface area contributed by atoms with E-state index in [2.05, 4.69) is 15.0 Å². The highest BCUT2D eigenvalue weighted by Crippen LogP contribution is 1.73. The quantitative estimate of drug-likeness (QED) is 0.347. The third-order valence-corrected chi connectivity index (χ3v) is 0.167. The summed E-state index contributed by atoms with van der Waals surface area (Å²) in [5, 5.41) is 6.25. The zero-order valence-electron chi connectivity index (χ0n) is 5.04. The third-order valence-electron chi connectivity index (χ3n) is 0.167. The predicted molar refractivity (Wildman–Crippen MR) is 17.1 cm³/mol. The lowest BCUT2D eigenvalue weighted by Crippen LogP contribution is -2.05. The van der Waals surface area contributed by atoms with Gasteiger partial charge < -0.3 is 15.0 Å². The highest BCUT2D eigenvalue weighted by Gasteiger charge is 2.01. The van der Waals surface area contributed by atoms with Crippen LogP contribution in [-0.4, -0.2) is 22.5 Å². The Kier molecular flexibility index (Phi) is 0.816. The van der Waals surface area contributed by atoms with Gasteiger partial charge in [0.05, 0.1) is 0 Å². The van der Waals surface area contributed by atoms with E-state index in [1.54, 1.807) is 0 Å². The topological polar surface area (TPSA) is 83.8 Å². The van der Waals surface area contributed by atoms with Crippen molar-refractivity contribution in [2.24, 2.45) is 0 Å². The zero-order valence-corrected chi connectivity index (χ0v) is 3.04. The maximum atomic E-state index is 9.76. The van der Waals surface area contributed by atoms with Gasteiger partial charge in [0.15, 0.2) is 0 Å². The second-order valence-corrected chi connectivity index (χ2v) is 0.602. The Morgan fingerprint density at radius 3 is 2.14 bits per heavy atom. The van der Waals surface area contributed by atoms with Crippen LogP contribution in [0.3, 0.4) is 0 Å². The first-order chi connectivity index (χ1) is 4.20. The SMILES string of the molecule is [3H]OC(=O)OC(=O)O[3H]. The number of carbonyl (C=O) groups is 2. The van der Waals surface area contributed by atoms with E-state index in [1.807, 2.05) is 0 Å². The van der Waals surface area contributed by atoms with Gasteiger partial charge in [0.25, 0.3) is 0 Å². The van der Waals surface area contributed by atoms with Gasteiger partial charge in [-0.2, -0.15) is 0 Å². The van der Waals surface area contributed by atoms with Crippen molar-refractivity contribution >= 4 is 12.3 Å². The summed E-state index contributed by atoms with van der Waals surface area (Å²) in [6.07, 6.45) is -3.07. The van der Waals surface area contributed by atoms with Crippen LogP contribution in [0.5, 0.6) is 0 Å². The maximum absolute atomic E-state index is 9.76. The molecule has 0 aromatic rings. The Labute approximate surface area is 41.1 Å². The molecule has 0 atom stereocenters. The van der Waals surface area contributed by atoms with Crippen molar-refractivity contribution in [3.63, 3.8) is 0 Å². The van der Waals surface area contributed by atoms with Gasteiger partial charge in [0.2, 0.25) is 0 Å². The minimum atomic E-state index is -1.53. The monoisotopic (exact) mass is 110 g/mol. The summed E-state index contributed by atoms with van der Waals surface area (Å²) in [5.41, 5.74) is 0. The van der Waals surface area contributed by atoms with Crippen LogP contribution in [0, 0.1) is 0 Å². The molecule has 0 bridgehead atoms. The molecule has 0 heterocycles. The van der Waals surface area contributed by atoms with Gasteiger partial charge in [-0.15, -0.1) is 0 Å². The molecule has 7 heavy (non-hydrogen) atoms. The molecule has 0 unspecified atom stereocenters. The largest absolute Gasteiger partial charge is 0.516 e. The molecule has 0 aliphatic heterocycles. The normalized spacial score (nSPS) is 10.3. The fourth-order valence-corrected chi connectivity index (χ4v) is 0.0680. The summed E-state index contributed by atoms with van der Waals surface area (Å²) in [7, 11) is 0. The lowest BCUT2D eigenvalue weighted by Gasteiger charge is -1.84. The summed E-state index contributed by atoms with van der Waals surface area (Å²) in [6, 6.07) is 0. The van der Waals surface area contributed by atoms with E-state index in [1.165, 1.54) is 0 Å². The van der Waals surface area contributed by atoms with Crippen LogP contribution in [-0.2, 0) is 4.74 Å². The van der Waals surface area contributed by atoms with E-state index < -0.39 is 12.3 Å². The number of rotatable bonds is 0. The van der Waals surface area contributed by atoms with E-state index in [0.717, 1.165) is 0 Å². The van der Waals surface area contributed by atoms with Gasteiger partial charge in [0.1, 0.15) is 0 Å². The first-order valence-corrected chi connectivity index (χ1v) is 1.22. The molecule has 0 saturated heterocycles. The van der Waals surface area contributed by atoms with Crippen molar-refractivity contribution < 1.29 is 24.5 Å². The van der Waals surface area contributed by atoms with Crippen LogP contribution >= 0.6 is 0 Å². The average molecular weight is 110 g/mol. The van der Waals surface area contributed by atoms with Crippen molar-refractivity contribution in [3.05, 3.63) is 0 Å². The van der Waals surface area contributed by atoms with Crippen molar-refractivity contribution in [2.45, 2.75) is 0 Å². The Morgan fingerprint density at radius 1 is 1.43 bits per heavy atom. The van der Waals surface area contributed by atoms with E-state index in [0.29, 0.717) is 0 Å². The number of hydrogen-bond acceptors (Lipinski definition) is 5. The Balaban J connectivity index is 3.47. The molecule has 0 saturated carbocycles. The summed E-state index contributed by atoms with van der Waals surface area (Å²) in [4.78, 5) is 19.5. The molecule has 0 amide bonds. The van der Waals surface area contributed by atoms with Gasteiger partial charge in [-0.3, -0.25) is 0 Å². The zero-order chi connectivity index (χ0) is 7.28. The fourth-order valence-electron chi connectivity index (χ4n) is 0.0680. The van der Waals surface area contributed by atoms with Crippen molar-refractivity contribution in [2.75, 3.05) is 0 Å². The van der Waals surface area contributed by atoms with Gasteiger partial charge in [0, 0.05) is 0 Å². The number of hydrogen-bond donors (Lipinski definition) is 2. The van der Waals surface area contributed by atoms with Crippen LogP contribution in [0.2, 0.25) is 0 Å². The first kappa shape index (κ1) is 2.84. The summed E-state index contributed by atoms with van der Waals surface area (Å²) in [6.45, 7) is 0. The Bertz CT molecular complexity index is 108. The second-order valence-electron chi connectivity index (χ2n) is 0.602. The number of carboxylic acid groups (broad SMARTS) is 2. The molecule has 0 fully saturated rings. The minimum absolute atomic E-state index is 1.53. The van der Waals surface area contributed by atoms with E-state index >= 15 is 0 Å². The van der Waals surface area contributed by atoms with E-state index in [-0.39, 0.29) is 0 Å². The first-order valence-electron chi connectivity index (χ1n) is 2.04. The summed E-state index contributed by atoms with van der Waals surface area (Å²) >= 11 is 0. The Morgan fingerprint density at radius 2 is 1.86 bits per heavy atom. The van der Waals surface area contributed by atoms with Gasteiger partial charge in [-0.05, 0) is 0 Å². The summed E-state index contributed by atoms with van der Waals surface area (Å²) < 4.78 is 15.1. The highest BCUT2D eigenvalue weighted by molar-refractivity contribution is 5.74. The van der Waals surface area contributed by atoms with Crippen LogP contribution in [0.4, 0.5) is 9.59 Å². The lowest BCUT2D eigenvalue weighted by atomic mass is 11.3. The molecule has 0 spiro atoms. The van der Waals surface area contributed by atoms with Crippen LogP contribution in [0.25, 0.3) is 2.86 Å². The third kappa shape index (κ3) is 4.74. The van der Waals surface area contributed by atoms with Gasteiger partial charge in [-0.1, -0.05) is 0 Å². The Hall–Kier alpha value is -1.26. The molecule has 0 rings (SSSR count). The maximum Gasteiger partial charge on any atom is 0.516 e. The molecule has 0 aromatic carbocycles. The van der Waals surface area contributed by atoms with Crippen LogP contribution in [0.1, 0.15) is 0 Å². The van der Waals surface area contributed by atoms with Crippen LogP contribution in [0.15, 0.2) is 0 Å². The standard InChI is InChI=1S/C2H2O5/c3-1(4)7-2(5)6/h(H,3,4)(H,5,6)/i/hT2. The molecule has 0 aromatic heterocycles. The smallest absolute Gasteiger partial charge is 0.449 e. The molecule has 40 valence electrons. The predicted octanol–water partition coefficient (Wildman–Crippen LogP) is 0.359. The second kappa shape index (κ2) is 2.01. The molecular weight excluding hydrogens is 104 g/mol. The van der Waals surface area contributed by atoms with Crippen molar-refractivity contribution in [3.8, 4) is 0 Å². The van der Waals surface area contributed by atoms with Crippen molar-refractivity contribution in [1.29, 1.82) is 2.86 Å². The van der Waals surface area contributed by atoms with E-state index in [9.17, 15) is 9.59 Å². The summed E-state index contributed by atoms with van der Waals surface area (Å²) in [5.74, 6) is 0. The fraction of sp³-hybridized carbons (Fsp3) is 0. The molecule has 0 aliphatic rings. The minimum Gasteiger partial charge on any atom is -0.449 e. The molecule has 5 nitrogen and oxygen atoms in total. The van der Waals surface area contributed by atoms with Gasteiger partial charge in [-0.25, -0.2) is 9.59 Å². The number of ether oxygens (including phenoxy) is 1. The molecule has 0 aliphatic carbocycles. The van der Waals surface area contributed by atoms with Crippen molar-refractivity contribution in [1.82, 2.24) is 0 Å². The van der Waals surface area contributed by atoms with Crippen LogP contribution < -0.4 is 0 Å². The average Bonchev–Trinajstić information content (AvgIpc) is 1.87. The molecule has 2 N–H and O–H groups in total. The molecule has 0 radical (unpaired) electrons. The van der Waals surface area contributed by atoms with Gasteiger partial charge >= 0.3 is 15.2 Å². The molecule has 5 heteroatoms. The van der Waals surface area contributed by atoms with E-state index in [4.69, 9.17) is 2.86 Å². The lowest BCUT2D eigenvalue weighted by molar-refractivity contribution is 0.0802. The highest BCUT2D eigenvalue weighted by atomic mass is 16.7.